The van der Waals surface area contributed by atoms with Crippen molar-refractivity contribution in [2.24, 2.45) is 0 Å². The van der Waals surface area contributed by atoms with E-state index in [2.05, 4.69) is 29.4 Å². The number of aromatic nitrogens is 1. The second kappa shape index (κ2) is 7.31. The quantitative estimate of drug-likeness (QED) is 0.870. The minimum atomic E-state index is -0.189. The van der Waals surface area contributed by atoms with Crippen molar-refractivity contribution < 1.29 is 9.59 Å². The zero-order valence-electron chi connectivity index (χ0n) is 13.0. The van der Waals surface area contributed by atoms with Gasteiger partial charge in [0.15, 0.2) is 5.13 Å². The van der Waals surface area contributed by atoms with Crippen LogP contribution in [0.2, 0.25) is 0 Å². The fraction of sp³-hybridized carbons (Fsp3) is 0.438. The smallest absolute Gasteiger partial charge is 0.245 e. The summed E-state index contributed by atoms with van der Waals surface area (Å²) in [5.74, 6) is 0.892. The standard InChI is InChI=1S/C16H19N3O2S2/c1-2-3-4-11-5-6-12-13(7-11)23-16(17-12)18-14(20)8-19-10-22-9-15(19)21/h5-7H,2-4,8-10H2,1H3,(H,17,18,20). The second-order valence-corrected chi connectivity index (χ2v) is 7.53. The highest BCUT2D eigenvalue weighted by atomic mass is 32.2. The molecule has 1 aliphatic rings. The molecule has 1 aromatic heterocycles. The number of thioether (sulfide) groups is 1. The lowest BCUT2D eigenvalue weighted by atomic mass is 10.1. The Balaban J connectivity index is 1.65. The van der Waals surface area contributed by atoms with Crippen LogP contribution in [-0.4, -0.2) is 39.9 Å². The zero-order chi connectivity index (χ0) is 16.2. The van der Waals surface area contributed by atoms with Crippen LogP contribution in [0.4, 0.5) is 5.13 Å². The van der Waals surface area contributed by atoms with E-state index < -0.39 is 0 Å². The van der Waals surface area contributed by atoms with E-state index in [0.717, 1.165) is 16.6 Å². The van der Waals surface area contributed by atoms with E-state index in [1.807, 2.05) is 6.07 Å². The van der Waals surface area contributed by atoms with Crippen molar-refractivity contribution in [3.8, 4) is 0 Å². The molecule has 2 aromatic rings. The summed E-state index contributed by atoms with van der Waals surface area (Å²) in [4.78, 5) is 29.6. The molecule has 1 fully saturated rings. The number of unbranched alkanes of at least 4 members (excludes halogenated alkanes) is 1. The third-order valence-corrected chi connectivity index (χ3v) is 5.56. The van der Waals surface area contributed by atoms with Gasteiger partial charge < -0.3 is 10.2 Å². The topological polar surface area (TPSA) is 62.3 Å². The maximum atomic E-state index is 12.1. The molecule has 5 nitrogen and oxygen atoms in total. The molecule has 0 aliphatic carbocycles. The number of hydrogen-bond acceptors (Lipinski definition) is 5. The summed E-state index contributed by atoms with van der Waals surface area (Å²) in [5.41, 5.74) is 2.21. The van der Waals surface area contributed by atoms with E-state index in [-0.39, 0.29) is 18.4 Å². The highest BCUT2D eigenvalue weighted by Gasteiger charge is 2.23. The largest absolute Gasteiger partial charge is 0.323 e. The van der Waals surface area contributed by atoms with Crippen LogP contribution >= 0.6 is 23.1 Å². The summed E-state index contributed by atoms with van der Waals surface area (Å²) >= 11 is 3.01. The van der Waals surface area contributed by atoms with E-state index >= 15 is 0 Å². The molecule has 0 saturated carbocycles. The number of anilines is 1. The lowest BCUT2D eigenvalue weighted by molar-refractivity contribution is -0.130. The average Bonchev–Trinajstić information content (AvgIpc) is 3.10. The van der Waals surface area contributed by atoms with E-state index in [1.54, 1.807) is 4.90 Å². The fourth-order valence-corrected chi connectivity index (χ4v) is 4.28. The average molecular weight is 349 g/mol. The van der Waals surface area contributed by atoms with Gasteiger partial charge in [0.2, 0.25) is 11.8 Å². The first kappa shape index (κ1) is 16.3. The maximum Gasteiger partial charge on any atom is 0.245 e. The fourth-order valence-electron chi connectivity index (χ4n) is 2.43. The van der Waals surface area contributed by atoms with Gasteiger partial charge in [-0.1, -0.05) is 30.7 Å². The number of aryl methyl sites for hydroxylation is 1. The number of thiazole rings is 1. The highest BCUT2D eigenvalue weighted by Crippen LogP contribution is 2.27. The molecule has 1 saturated heterocycles. The molecule has 7 heteroatoms. The molecule has 1 aliphatic heterocycles. The van der Waals surface area contributed by atoms with Crippen LogP contribution in [-0.2, 0) is 16.0 Å². The third-order valence-electron chi connectivity index (χ3n) is 3.68. The van der Waals surface area contributed by atoms with Gasteiger partial charge in [-0.05, 0) is 30.5 Å². The Morgan fingerprint density at radius 3 is 3.04 bits per heavy atom. The SMILES string of the molecule is CCCCc1ccc2nc(NC(=O)CN3CSCC3=O)sc2c1. The number of nitrogens with zero attached hydrogens (tertiary/aromatic N) is 2. The molecular weight excluding hydrogens is 330 g/mol. The minimum absolute atomic E-state index is 0.0232. The predicted octanol–water partition coefficient (Wildman–Crippen LogP) is 3.11. The summed E-state index contributed by atoms with van der Waals surface area (Å²) in [6.07, 6.45) is 3.42. The van der Waals surface area contributed by atoms with E-state index in [9.17, 15) is 9.59 Å². The van der Waals surface area contributed by atoms with Crippen LogP contribution in [0.3, 0.4) is 0 Å². The first-order chi connectivity index (χ1) is 11.2. The maximum absolute atomic E-state index is 12.1. The van der Waals surface area contributed by atoms with E-state index in [4.69, 9.17) is 0 Å². The van der Waals surface area contributed by atoms with Crippen LogP contribution in [0.1, 0.15) is 25.3 Å². The van der Waals surface area contributed by atoms with Crippen molar-refractivity contribution in [1.82, 2.24) is 9.88 Å². The van der Waals surface area contributed by atoms with E-state index in [0.29, 0.717) is 16.8 Å². The lowest BCUT2D eigenvalue weighted by Crippen LogP contribution is -2.34. The lowest BCUT2D eigenvalue weighted by Gasteiger charge is -2.12. The van der Waals surface area contributed by atoms with Gasteiger partial charge in [-0.3, -0.25) is 9.59 Å². The van der Waals surface area contributed by atoms with Gasteiger partial charge >= 0.3 is 0 Å². The Kier molecular flexibility index (Phi) is 5.17. The minimum Gasteiger partial charge on any atom is -0.323 e. The Hall–Kier alpha value is -1.60. The number of carbonyl (C=O) groups excluding carboxylic acids is 2. The summed E-state index contributed by atoms with van der Waals surface area (Å²) in [6.45, 7) is 2.28. The molecule has 0 atom stereocenters. The van der Waals surface area contributed by atoms with Crippen molar-refractivity contribution >= 4 is 50.3 Å². The molecule has 0 bridgehead atoms. The number of hydrogen-bond donors (Lipinski definition) is 1. The van der Waals surface area contributed by atoms with Gasteiger partial charge in [0.1, 0.15) is 6.54 Å². The summed E-state index contributed by atoms with van der Waals surface area (Å²) in [5, 5.41) is 3.40. The Bertz CT molecular complexity index is 729. The molecule has 3 rings (SSSR count). The molecule has 2 amide bonds. The molecular formula is C16H19N3O2S2. The Morgan fingerprint density at radius 2 is 2.30 bits per heavy atom. The number of benzene rings is 1. The predicted molar refractivity (Wildman–Crippen MR) is 95.9 cm³/mol. The van der Waals surface area contributed by atoms with Crippen molar-refractivity contribution in [2.75, 3.05) is 23.5 Å². The number of amides is 2. The zero-order valence-corrected chi connectivity index (χ0v) is 14.6. The van der Waals surface area contributed by atoms with Crippen LogP contribution in [0.5, 0.6) is 0 Å². The van der Waals surface area contributed by atoms with Gasteiger partial charge in [0, 0.05) is 0 Å². The first-order valence-electron chi connectivity index (χ1n) is 7.70. The Morgan fingerprint density at radius 1 is 1.43 bits per heavy atom. The Labute approximate surface area is 143 Å². The second-order valence-electron chi connectivity index (χ2n) is 5.54. The van der Waals surface area contributed by atoms with Gasteiger partial charge in [-0.15, -0.1) is 11.8 Å². The molecule has 2 heterocycles. The van der Waals surface area contributed by atoms with Gasteiger partial charge in [0.05, 0.1) is 21.8 Å². The summed E-state index contributed by atoms with van der Waals surface area (Å²) in [7, 11) is 0. The molecule has 23 heavy (non-hydrogen) atoms. The number of carbonyl (C=O) groups is 2. The van der Waals surface area contributed by atoms with E-state index in [1.165, 1.54) is 41.5 Å². The van der Waals surface area contributed by atoms with Crippen LogP contribution in [0.25, 0.3) is 10.2 Å². The first-order valence-corrected chi connectivity index (χ1v) is 9.67. The monoisotopic (exact) mass is 349 g/mol. The summed E-state index contributed by atoms with van der Waals surface area (Å²) < 4.78 is 1.08. The summed E-state index contributed by atoms with van der Waals surface area (Å²) in [6, 6.07) is 6.26. The number of rotatable bonds is 6. The van der Waals surface area contributed by atoms with Gasteiger partial charge in [-0.2, -0.15) is 0 Å². The highest BCUT2D eigenvalue weighted by molar-refractivity contribution is 8.00. The van der Waals surface area contributed by atoms with Crippen molar-refractivity contribution in [1.29, 1.82) is 0 Å². The number of fused-ring (bicyclic) bond motifs is 1. The van der Waals surface area contributed by atoms with Crippen LogP contribution < -0.4 is 5.32 Å². The third kappa shape index (κ3) is 4.03. The van der Waals surface area contributed by atoms with Crippen LogP contribution in [0.15, 0.2) is 18.2 Å². The normalized spacial score (nSPS) is 14.7. The van der Waals surface area contributed by atoms with Gasteiger partial charge in [0.25, 0.3) is 0 Å². The molecule has 0 unspecified atom stereocenters. The van der Waals surface area contributed by atoms with Crippen molar-refractivity contribution in [2.45, 2.75) is 26.2 Å². The van der Waals surface area contributed by atoms with Crippen molar-refractivity contribution in [3.05, 3.63) is 23.8 Å². The molecule has 1 N–H and O–H groups in total. The molecule has 122 valence electrons. The molecule has 0 radical (unpaired) electrons. The van der Waals surface area contributed by atoms with Gasteiger partial charge in [-0.25, -0.2) is 4.98 Å². The molecule has 1 aromatic carbocycles. The molecule has 0 spiro atoms. The van der Waals surface area contributed by atoms with Crippen molar-refractivity contribution in [3.63, 3.8) is 0 Å². The number of nitrogens with one attached hydrogen (secondary N) is 1. The van der Waals surface area contributed by atoms with Crippen LogP contribution in [0, 0.1) is 0 Å².